The van der Waals surface area contributed by atoms with E-state index >= 15 is 0 Å². The second kappa shape index (κ2) is 25.8. The molecule has 4 amide bonds. The Kier molecular flexibility index (Phi) is 20.3. The first kappa shape index (κ1) is 55.9. The Balaban J connectivity index is 0.000000301. The molecule has 2 heterocycles. The molecule has 2 aromatic heterocycles. The molecule has 6 rings (SSSR count). The van der Waals surface area contributed by atoms with Crippen LogP contribution in [0.2, 0.25) is 0 Å². The van der Waals surface area contributed by atoms with Crippen LogP contribution in [0.25, 0.3) is 5.69 Å². The molecule has 4 aromatic carbocycles. The highest BCUT2D eigenvalue weighted by Crippen LogP contribution is 2.29. The minimum atomic E-state index is -3.34. The molecule has 5 N–H and O–H groups in total. The highest BCUT2D eigenvalue weighted by molar-refractivity contribution is 7.90. The maximum Gasteiger partial charge on any atom is 0.291 e. The molecule has 3 unspecified atom stereocenters. The minimum absolute atomic E-state index is 0.0884. The number of sulfone groups is 1. The normalized spacial score (nSPS) is 12.0. The Labute approximate surface area is 414 Å². The molecule has 3 atom stereocenters. The molecule has 378 valence electrons. The first-order chi connectivity index (χ1) is 33.7. The number of Topliss-reactive ketones (excluding diaryl/α,β-unsaturated/α-hetero) is 1. The number of para-hydroxylation sites is 1. The van der Waals surface area contributed by atoms with Crippen molar-refractivity contribution in [3.63, 3.8) is 0 Å². The molecule has 22 heteroatoms. The number of aromatic nitrogens is 4. The van der Waals surface area contributed by atoms with Gasteiger partial charge in [-0.1, -0.05) is 63.6 Å². The van der Waals surface area contributed by atoms with E-state index < -0.39 is 56.6 Å². The molecular weight excluding hydrogens is 957 g/mol. The van der Waals surface area contributed by atoms with Crippen molar-refractivity contribution >= 4 is 67.5 Å². The number of ketones is 1. The quantitative estimate of drug-likeness (QED) is 0.0443. The summed E-state index contributed by atoms with van der Waals surface area (Å²) in [6, 6.07) is 23.0. The van der Waals surface area contributed by atoms with Crippen LogP contribution in [-0.2, 0) is 44.4 Å². The number of imidazole rings is 1. The molecule has 0 saturated carbocycles. The van der Waals surface area contributed by atoms with Gasteiger partial charge in [0.15, 0.2) is 33.6 Å². The lowest BCUT2D eigenvalue weighted by atomic mass is 10.1. The number of carbonyl (C=O) groups is 5. The number of nitrogens with one attached hydrogen (secondary N) is 5. The van der Waals surface area contributed by atoms with Gasteiger partial charge in [-0.2, -0.15) is 4.28 Å². The van der Waals surface area contributed by atoms with Crippen molar-refractivity contribution in [3.05, 3.63) is 136 Å². The summed E-state index contributed by atoms with van der Waals surface area (Å²) in [6.07, 6.45) is 3.60. The number of hydroxylamine groups is 1. The summed E-state index contributed by atoms with van der Waals surface area (Å²) in [7, 11) is -1.98. The van der Waals surface area contributed by atoms with E-state index in [1.807, 2.05) is 52.8 Å². The van der Waals surface area contributed by atoms with E-state index in [1.165, 1.54) is 73.6 Å². The molecule has 0 aliphatic heterocycles. The Hall–Kier alpha value is -7.69. The molecule has 6 aromatic rings. The number of carbonyl (C=O) groups excluding carboxylic acids is 5. The van der Waals surface area contributed by atoms with Crippen LogP contribution >= 0.6 is 0 Å². The predicted octanol–water partition coefficient (Wildman–Crippen LogP) is 6.71. The summed E-state index contributed by atoms with van der Waals surface area (Å²) in [6.45, 7) is 14.2. The molecule has 0 bridgehead atoms. The van der Waals surface area contributed by atoms with Gasteiger partial charge in [0, 0.05) is 30.8 Å². The van der Waals surface area contributed by atoms with Gasteiger partial charge in [-0.3, -0.25) is 33.9 Å². The Morgan fingerprint density at radius 3 is 2.10 bits per heavy atom. The van der Waals surface area contributed by atoms with Gasteiger partial charge < -0.3 is 30.0 Å². The number of H-pyrrole nitrogens is 1. The fraction of sp³-hybridized carbons (Fsp3) is 0.286. The van der Waals surface area contributed by atoms with Crippen molar-refractivity contribution < 1.29 is 50.4 Å². The van der Waals surface area contributed by atoms with Gasteiger partial charge >= 0.3 is 0 Å². The SMILES string of the molecule is CC.CCC(=O)NOS(=O)c1ccc(OC)c(NC(=O)C(C(C)=O)n2ccnc2C(=O)Nc2ccccc2)c1.CCC(Oc1ccc(C)cc1C)C(=O)Nc1[nH]n(-c2ccc(S(C)(=O)=O)cc2)c(=O)c1C. The van der Waals surface area contributed by atoms with Crippen LogP contribution in [0.1, 0.15) is 80.8 Å². The molecule has 20 nitrogen and oxygen atoms in total. The average molecular weight is 1020 g/mol. The maximum absolute atomic E-state index is 13.3. The van der Waals surface area contributed by atoms with Gasteiger partial charge in [0.05, 0.1) is 33.8 Å². The summed E-state index contributed by atoms with van der Waals surface area (Å²) in [5.41, 5.74) is 5.12. The lowest BCUT2D eigenvalue weighted by Gasteiger charge is -2.19. The maximum atomic E-state index is 13.3. The van der Waals surface area contributed by atoms with Crippen LogP contribution in [0.3, 0.4) is 0 Å². The smallest absolute Gasteiger partial charge is 0.291 e. The second-order valence-corrected chi connectivity index (χ2v) is 18.5. The van der Waals surface area contributed by atoms with Crippen LogP contribution in [0.5, 0.6) is 11.5 Å². The summed E-state index contributed by atoms with van der Waals surface area (Å²) in [4.78, 5) is 79.8. The van der Waals surface area contributed by atoms with Crippen molar-refractivity contribution in [3.8, 4) is 17.2 Å². The molecule has 0 fully saturated rings. The van der Waals surface area contributed by atoms with Crippen molar-refractivity contribution in [1.29, 1.82) is 0 Å². The van der Waals surface area contributed by atoms with Crippen molar-refractivity contribution in [2.24, 2.45) is 0 Å². The first-order valence-electron chi connectivity index (χ1n) is 22.2. The van der Waals surface area contributed by atoms with Gasteiger partial charge in [-0.15, -0.1) is 0 Å². The zero-order valence-electron chi connectivity index (χ0n) is 40.9. The highest BCUT2D eigenvalue weighted by atomic mass is 32.2. The van der Waals surface area contributed by atoms with Crippen LogP contribution in [0, 0.1) is 20.8 Å². The van der Waals surface area contributed by atoms with E-state index in [2.05, 4.69) is 31.5 Å². The van der Waals surface area contributed by atoms with E-state index in [0.29, 0.717) is 29.1 Å². The number of aryl methyl sites for hydroxylation is 2. The van der Waals surface area contributed by atoms with Crippen LogP contribution in [-0.4, -0.2) is 80.8 Å². The third kappa shape index (κ3) is 14.9. The average Bonchev–Trinajstić information content (AvgIpc) is 3.94. The third-order valence-electron chi connectivity index (χ3n) is 10.1. The number of rotatable bonds is 18. The number of anilines is 3. The van der Waals surface area contributed by atoms with Gasteiger partial charge in [-0.05, 0) is 100 Å². The monoisotopic (exact) mass is 1010 g/mol. The first-order valence-corrected chi connectivity index (χ1v) is 25.2. The number of aromatic amines is 1. The van der Waals surface area contributed by atoms with Crippen LogP contribution < -0.4 is 36.5 Å². The minimum Gasteiger partial charge on any atom is -0.495 e. The lowest BCUT2D eigenvalue weighted by Crippen LogP contribution is -2.33. The molecule has 71 heavy (non-hydrogen) atoms. The number of ether oxygens (including phenoxy) is 2. The zero-order chi connectivity index (χ0) is 52.6. The third-order valence-corrected chi connectivity index (χ3v) is 12.1. The van der Waals surface area contributed by atoms with Crippen molar-refractivity contribution in [1.82, 2.24) is 24.8 Å². The van der Waals surface area contributed by atoms with Gasteiger partial charge in [0.1, 0.15) is 17.3 Å². The molecule has 0 spiro atoms. The number of hydrogen-bond donors (Lipinski definition) is 5. The molecular formula is C49H58N8O12S2. The molecule has 0 aliphatic rings. The number of nitrogens with zero attached hydrogens (tertiary/aromatic N) is 3. The zero-order valence-corrected chi connectivity index (χ0v) is 42.6. The van der Waals surface area contributed by atoms with Gasteiger partial charge in [-0.25, -0.2) is 27.8 Å². The largest absolute Gasteiger partial charge is 0.495 e. The second-order valence-electron chi connectivity index (χ2n) is 15.3. The van der Waals surface area contributed by atoms with Crippen LogP contribution in [0.15, 0.2) is 118 Å². The Morgan fingerprint density at radius 2 is 1.51 bits per heavy atom. The molecule has 0 radical (unpaired) electrons. The van der Waals surface area contributed by atoms with E-state index in [-0.39, 0.29) is 50.8 Å². The Bertz CT molecular complexity index is 3040. The predicted molar refractivity (Wildman–Crippen MR) is 269 cm³/mol. The molecule has 0 aliphatic carbocycles. The number of amides is 4. The lowest BCUT2D eigenvalue weighted by molar-refractivity contribution is -0.129. The number of benzene rings is 4. The van der Waals surface area contributed by atoms with Crippen LogP contribution in [0.4, 0.5) is 17.2 Å². The summed E-state index contributed by atoms with van der Waals surface area (Å²) in [5.74, 6) is -1.86. The van der Waals surface area contributed by atoms with Gasteiger partial charge in [0.2, 0.25) is 17.0 Å². The standard InChI is InChI=1S/C24H25N5O7S.C23H27N3O5S.C2H6/c1-4-20(31)28-36-37(34)17-10-11-19(35-3)18(14-17)27-23(32)21(15(2)30)29-13-12-25-22(29)24(33)26-16-8-6-5-7-9-16;1-6-19(31-20-12-7-14(2)13-15(20)3)22(27)24-21-16(4)23(28)26(25-21)17-8-10-18(11-9-17)32(5,29)30;1-2/h5-14,21H,4H2,1-3H3,(H,26,33)(H,27,32)(H,28,31);7-13,19,25H,6H2,1-5H3,(H,24,27);1-2H3. The summed E-state index contributed by atoms with van der Waals surface area (Å²) in [5, 5.41) is 10.9. The topological polar surface area (TPSA) is 268 Å². The van der Waals surface area contributed by atoms with Gasteiger partial charge in [0.25, 0.3) is 23.3 Å². The van der Waals surface area contributed by atoms with Crippen molar-refractivity contribution in [2.45, 2.75) is 90.2 Å². The van der Waals surface area contributed by atoms with E-state index in [4.69, 9.17) is 13.8 Å². The van der Waals surface area contributed by atoms with E-state index in [1.54, 1.807) is 44.2 Å². The van der Waals surface area contributed by atoms with Crippen molar-refractivity contribution in [2.75, 3.05) is 29.3 Å². The number of hydrogen-bond acceptors (Lipinski definition) is 13. The van der Waals surface area contributed by atoms with E-state index in [0.717, 1.165) is 21.9 Å². The Morgan fingerprint density at radius 1 is 0.845 bits per heavy atom. The van der Waals surface area contributed by atoms with E-state index in [9.17, 15) is 41.4 Å². The summed E-state index contributed by atoms with van der Waals surface area (Å²) >= 11 is -2.09. The highest BCUT2D eigenvalue weighted by Gasteiger charge is 2.30. The fourth-order valence-electron chi connectivity index (χ4n) is 6.48. The number of methoxy groups -OCH3 is 1. The fourth-order valence-corrected chi connectivity index (χ4v) is 7.77. The summed E-state index contributed by atoms with van der Waals surface area (Å²) < 4.78 is 54.2. The molecule has 0 saturated heterocycles.